The number of hydrogen-bond acceptors (Lipinski definition) is 0. The molecule has 0 heterocycles. The topological polar surface area (TPSA) is 0 Å². The van der Waals surface area contributed by atoms with Crippen LogP contribution in [-0.2, 0) is 0 Å². The van der Waals surface area contributed by atoms with Crippen LogP contribution < -0.4 is 0 Å². The van der Waals surface area contributed by atoms with E-state index in [1.54, 1.807) is 11.1 Å². The van der Waals surface area contributed by atoms with Gasteiger partial charge in [-0.25, -0.2) is 0 Å². The molecule has 0 aliphatic heterocycles. The molecule has 1 aromatic rings. The van der Waals surface area contributed by atoms with E-state index in [0.29, 0.717) is 5.92 Å². The van der Waals surface area contributed by atoms with Crippen molar-refractivity contribution in [2.75, 3.05) is 0 Å². The summed E-state index contributed by atoms with van der Waals surface area (Å²) >= 11 is 2.25. The number of hydrogen-bond donors (Lipinski definition) is 0. The molecule has 0 bridgehead atoms. The first-order valence-corrected chi connectivity index (χ1v) is 5.52. The van der Waals surface area contributed by atoms with Crippen molar-refractivity contribution in [1.82, 2.24) is 0 Å². The minimum atomic E-state index is 0.691. The van der Waals surface area contributed by atoms with Crippen molar-refractivity contribution in [3.05, 3.63) is 41.0 Å². The molecule has 0 saturated heterocycles. The zero-order chi connectivity index (χ0) is 10.1. The van der Waals surface area contributed by atoms with E-state index in [4.69, 9.17) is 0 Å². The molecule has 1 heteroatoms. The third-order valence-corrected chi connectivity index (χ3v) is 3.43. The molecule has 1 atom stereocenters. The first-order valence-electron chi connectivity index (χ1n) is 5.52. The molecular formula is C13H15Li. The van der Waals surface area contributed by atoms with Gasteiger partial charge >= 0.3 is 95.5 Å². The van der Waals surface area contributed by atoms with Gasteiger partial charge in [-0.15, -0.1) is 0 Å². The van der Waals surface area contributed by atoms with Crippen LogP contribution in [0, 0.1) is 0 Å². The summed E-state index contributed by atoms with van der Waals surface area (Å²) in [7, 11) is 0. The normalized spacial score (nSPS) is 20.1. The van der Waals surface area contributed by atoms with Gasteiger partial charge in [-0.3, -0.25) is 0 Å². The molecule has 1 unspecified atom stereocenters. The summed E-state index contributed by atoms with van der Waals surface area (Å²) < 4.78 is 1.50. The summed E-state index contributed by atoms with van der Waals surface area (Å²) in [4.78, 5) is 0. The summed E-state index contributed by atoms with van der Waals surface area (Å²) in [6, 6.07) is 8.84. The van der Waals surface area contributed by atoms with Gasteiger partial charge in [0.2, 0.25) is 0 Å². The molecule has 0 amide bonds. The predicted molar refractivity (Wildman–Crippen MR) is 62.4 cm³/mol. The summed E-state index contributed by atoms with van der Waals surface area (Å²) in [5.74, 6) is 0.691. The Morgan fingerprint density at radius 3 is 2.71 bits per heavy atom. The molecule has 1 aromatic carbocycles. The Morgan fingerprint density at radius 2 is 2.00 bits per heavy atom. The number of rotatable bonds is 2. The zero-order valence-corrected chi connectivity index (χ0v) is 9.30. The van der Waals surface area contributed by atoms with E-state index >= 15 is 0 Å². The maximum atomic E-state index is 2.29. The van der Waals surface area contributed by atoms with E-state index < -0.39 is 0 Å². The average Bonchev–Trinajstić information content (AvgIpc) is 2.45. The SMILES string of the molecule is [Li][C]1=C(C)C(CCC)c2ccccc21. The second-order valence-electron chi connectivity index (χ2n) is 4.24. The molecule has 0 fully saturated rings. The molecule has 14 heavy (non-hydrogen) atoms. The van der Waals surface area contributed by atoms with E-state index in [9.17, 15) is 0 Å². The van der Waals surface area contributed by atoms with Crippen LogP contribution in [0.1, 0.15) is 43.7 Å². The Kier molecular flexibility index (Phi) is 2.86. The Hall–Kier alpha value is -0.443. The monoisotopic (exact) mass is 178 g/mol. The molecule has 0 aromatic heterocycles. The Balaban J connectivity index is 2.47. The number of benzene rings is 1. The van der Waals surface area contributed by atoms with E-state index in [1.165, 1.54) is 22.7 Å². The van der Waals surface area contributed by atoms with Crippen LogP contribution in [0.3, 0.4) is 0 Å². The van der Waals surface area contributed by atoms with Crippen LogP contribution in [0.2, 0.25) is 0 Å². The summed E-state index contributed by atoms with van der Waals surface area (Å²) in [6.07, 6.45) is 2.56. The van der Waals surface area contributed by atoms with Crippen LogP contribution in [0.15, 0.2) is 29.8 Å². The van der Waals surface area contributed by atoms with Crippen LogP contribution in [0.4, 0.5) is 0 Å². The van der Waals surface area contributed by atoms with E-state index in [1.807, 2.05) is 0 Å². The third-order valence-electron chi connectivity index (χ3n) is 3.43. The molecule has 2 rings (SSSR count). The summed E-state index contributed by atoms with van der Waals surface area (Å²) in [6.45, 7) is 4.55. The first kappa shape index (κ1) is 10.1. The molecule has 1 aliphatic rings. The molecule has 1 aliphatic carbocycles. The van der Waals surface area contributed by atoms with Crippen molar-refractivity contribution >= 4 is 22.0 Å². The van der Waals surface area contributed by atoms with Crippen molar-refractivity contribution in [3.63, 3.8) is 0 Å². The van der Waals surface area contributed by atoms with Gasteiger partial charge in [0.25, 0.3) is 0 Å². The van der Waals surface area contributed by atoms with Gasteiger partial charge in [-0.2, -0.15) is 0 Å². The Labute approximate surface area is 95.6 Å². The Morgan fingerprint density at radius 1 is 1.29 bits per heavy atom. The van der Waals surface area contributed by atoms with Gasteiger partial charge < -0.3 is 0 Å². The Bertz CT molecular complexity index is 377. The van der Waals surface area contributed by atoms with Crippen LogP contribution in [0.5, 0.6) is 0 Å². The fourth-order valence-electron chi connectivity index (χ4n) is 2.51. The van der Waals surface area contributed by atoms with Crippen LogP contribution >= 0.6 is 0 Å². The van der Waals surface area contributed by atoms with Crippen molar-refractivity contribution in [1.29, 1.82) is 0 Å². The molecule has 0 N–H and O–H groups in total. The minimum absolute atomic E-state index is 0.691. The molecule has 68 valence electrons. The van der Waals surface area contributed by atoms with Gasteiger partial charge in [0.1, 0.15) is 0 Å². The zero-order valence-electron chi connectivity index (χ0n) is 9.30. The second kappa shape index (κ2) is 3.97. The van der Waals surface area contributed by atoms with Crippen molar-refractivity contribution in [2.45, 2.75) is 32.6 Å². The van der Waals surface area contributed by atoms with Crippen molar-refractivity contribution < 1.29 is 0 Å². The molecule has 0 nitrogen and oxygen atoms in total. The summed E-state index contributed by atoms with van der Waals surface area (Å²) in [5.41, 5.74) is 4.60. The molecule has 0 radical (unpaired) electrons. The molecule has 0 saturated carbocycles. The predicted octanol–water partition coefficient (Wildman–Crippen LogP) is 3.48. The second-order valence-corrected chi connectivity index (χ2v) is 4.24. The maximum absolute atomic E-state index is 2.29. The third kappa shape index (κ3) is 1.47. The summed E-state index contributed by atoms with van der Waals surface area (Å²) in [5, 5.41) is 0. The quantitative estimate of drug-likeness (QED) is 0.608. The van der Waals surface area contributed by atoms with E-state index in [0.717, 1.165) is 0 Å². The molecule has 0 spiro atoms. The number of fused-ring (bicyclic) bond motifs is 1. The van der Waals surface area contributed by atoms with Gasteiger partial charge in [0.05, 0.1) is 0 Å². The van der Waals surface area contributed by atoms with E-state index in [-0.39, 0.29) is 0 Å². The standard InChI is InChI=1S/C13H15.Li/c1-3-6-12-10(2)9-11-7-4-5-8-13(11)12;/h4-5,7-8,12H,3,6H2,1-2H3;. The van der Waals surface area contributed by atoms with Gasteiger partial charge in [-0.1, -0.05) is 0 Å². The fourth-order valence-corrected chi connectivity index (χ4v) is 2.51. The fraction of sp³-hybridized carbons (Fsp3) is 0.385. The van der Waals surface area contributed by atoms with Crippen LogP contribution in [-0.4, -0.2) is 17.7 Å². The van der Waals surface area contributed by atoms with Gasteiger partial charge in [0, 0.05) is 0 Å². The van der Waals surface area contributed by atoms with Crippen molar-refractivity contribution in [3.8, 4) is 0 Å². The van der Waals surface area contributed by atoms with Gasteiger partial charge in [0.15, 0.2) is 0 Å². The van der Waals surface area contributed by atoms with Crippen molar-refractivity contribution in [2.24, 2.45) is 0 Å². The number of allylic oxidation sites excluding steroid dienone is 1. The first-order chi connectivity index (χ1) is 6.75. The van der Waals surface area contributed by atoms with E-state index in [2.05, 4.69) is 55.8 Å². The van der Waals surface area contributed by atoms with Gasteiger partial charge in [-0.05, 0) is 0 Å². The average molecular weight is 178 g/mol. The molecular weight excluding hydrogens is 163 g/mol. The van der Waals surface area contributed by atoms with Crippen LogP contribution in [0.25, 0.3) is 4.25 Å².